The van der Waals surface area contributed by atoms with Crippen LogP contribution in [-0.2, 0) is 16.8 Å². The van der Waals surface area contributed by atoms with Gasteiger partial charge in [-0.05, 0) is 28.9 Å². The van der Waals surface area contributed by atoms with Crippen molar-refractivity contribution in [3.8, 4) is 5.75 Å². The Hall–Kier alpha value is -1.44. The van der Waals surface area contributed by atoms with Gasteiger partial charge in [-0.1, -0.05) is 32.9 Å². The van der Waals surface area contributed by atoms with Gasteiger partial charge in [0.1, 0.15) is 6.61 Å². The van der Waals surface area contributed by atoms with Crippen LogP contribution >= 0.6 is 0 Å². The maximum absolute atomic E-state index is 11.4. The molecule has 1 heterocycles. The van der Waals surface area contributed by atoms with Crippen LogP contribution in [0.1, 0.15) is 42.5 Å². The zero-order chi connectivity index (χ0) is 19.7. The van der Waals surface area contributed by atoms with Crippen molar-refractivity contribution in [2.75, 3.05) is 7.11 Å². The quantitative estimate of drug-likeness (QED) is 0.376. The van der Waals surface area contributed by atoms with E-state index in [1.54, 1.807) is 30.3 Å². The van der Waals surface area contributed by atoms with Crippen molar-refractivity contribution in [3.63, 3.8) is 0 Å². The monoisotopic (exact) mass is 404 g/mol. The molecule has 0 amide bonds. The first-order valence-corrected chi connectivity index (χ1v) is 8.49. The Kier molecular flexibility index (Phi) is 10.7. The van der Waals surface area contributed by atoms with Crippen molar-refractivity contribution in [1.29, 1.82) is 0 Å². The van der Waals surface area contributed by atoms with Gasteiger partial charge in [-0.25, -0.2) is 9.95 Å². The second kappa shape index (κ2) is 12.2. The number of carbonyl (C=O) groups excluding carboxylic acids is 1. The number of hydrogen-bond acceptors (Lipinski definition) is 5. The second-order valence-corrected chi connectivity index (χ2v) is 6.79. The van der Waals surface area contributed by atoms with Crippen LogP contribution in [0, 0.1) is 12.3 Å². The average Bonchev–Trinajstić information content (AvgIpc) is 3.23. The van der Waals surface area contributed by atoms with Crippen LogP contribution in [0.4, 0.5) is 0 Å². The number of aromatic nitrogens is 1. The van der Waals surface area contributed by atoms with Crippen molar-refractivity contribution >= 4 is 5.97 Å². The van der Waals surface area contributed by atoms with Gasteiger partial charge in [0.25, 0.3) is 0 Å². The molecule has 142 valence electrons. The molecule has 0 N–H and O–H groups in total. The molecule has 0 aliphatic heterocycles. The predicted octanol–water partition coefficient (Wildman–Crippen LogP) is 1.63. The number of hydrogen-bond donors (Lipinski definition) is 0. The van der Waals surface area contributed by atoms with E-state index in [1.807, 2.05) is 24.3 Å². The Morgan fingerprint density at radius 3 is 2.43 bits per heavy atom. The van der Waals surface area contributed by atoms with Crippen molar-refractivity contribution < 1.29 is 70.2 Å². The van der Waals surface area contributed by atoms with Crippen molar-refractivity contribution in [2.24, 2.45) is 0 Å². The van der Waals surface area contributed by atoms with Crippen LogP contribution in [0.3, 0.4) is 0 Å². The Balaban J connectivity index is 0.000000332. The van der Waals surface area contributed by atoms with Gasteiger partial charge in [0.05, 0.1) is 12.7 Å². The molecule has 0 saturated heterocycles. The van der Waals surface area contributed by atoms with Crippen LogP contribution in [-0.4, -0.2) is 18.2 Å². The van der Waals surface area contributed by atoms with E-state index in [1.165, 1.54) is 7.11 Å². The van der Waals surface area contributed by atoms with Gasteiger partial charge in [-0.3, -0.25) is 0 Å². The van der Waals surface area contributed by atoms with E-state index in [4.69, 9.17) is 9.26 Å². The predicted molar refractivity (Wildman–Crippen MR) is 101 cm³/mol. The van der Waals surface area contributed by atoms with E-state index in [9.17, 15) is 4.79 Å². The summed E-state index contributed by atoms with van der Waals surface area (Å²) in [5, 5.41) is 3.49. The van der Waals surface area contributed by atoms with Crippen molar-refractivity contribution in [1.82, 2.24) is 5.16 Å². The molecule has 5 nitrogen and oxygen atoms in total. The summed E-state index contributed by atoms with van der Waals surface area (Å²) >= 11 is 0. The van der Waals surface area contributed by atoms with Crippen LogP contribution in [0.2, 0.25) is 0 Å². The Bertz CT molecular complexity index is 827. The van der Waals surface area contributed by atoms with Gasteiger partial charge in [0.2, 0.25) is 0 Å². The van der Waals surface area contributed by atoms with Crippen molar-refractivity contribution in [3.05, 3.63) is 83.7 Å². The number of rotatable bonds is 4. The van der Waals surface area contributed by atoms with Crippen LogP contribution in [0.25, 0.3) is 0 Å². The summed E-state index contributed by atoms with van der Waals surface area (Å²) in [6.07, 6.45) is 2.62. The minimum absolute atomic E-state index is 0. The van der Waals surface area contributed by atoms with Gasteiger partial charge < -0.3 is 14.0 Å². The number of ether oxygens (including phenoxy) is 2. The molecule has 2 aromatic carbocycles. The molecule has 3 aromatic rings. The van der Waals surface area contributed by atoms with Gasteiger partial charge in [-0.2, -0.15) is 24.3 Å². The molecule has 0 atom stereocenters. The maximum Gasteiger partial charge on any atom is 1.00 e. The summed E-state index contributed by atoms with van der Waals surface area (Å²) in [5.41, 5.74) is 1.51. The summed E-state index contributed by atoms with van der Waals surface area (Å²) in [4.78, 5) is 11.4. The fourth-order valence-corrected chi connectivity index (χ4v) is 2.08. The zero-order valence-electron chi connectivity index (χ0n) is 17.0. The van der Waals surface area contributed by atoms with E-state index in [0.29, 0.717) is 12.2 Å². The zero-order valence-corrected chi connectivity index (χ0v) is 20.1. The van der Waals surface area contributed by atoms with E-state index >= 15 is 0 Å². The molecule has 6 heteroatoms. The third-order valence-corrected chi connectivity index (χ3v) is 3.57. The summed E-state index contributed by atoms with van der Waals surface area (Å²) in [7, 11) is 1.37. The molecular weight excluding hydrogens is 381 g/mol. The smallest absolute Gasteiger partial charge is 0.514 e. The fourth-order valence-electron chi connectivity index (χ4n) is 2.08. The molecule has 28 heavy (non-hydrogen) atoms. The number of carbonyl (C=O) groups is 1. The Morgan fingerprint density at radius 1 is 1.18 bits per heavy atom. The molecule has 0 fully saturated rings. The van der Waals surface area contributed by atoms with Crippen molar-refractivity contribution in [2.45, 2.75) is 32.8 Å². The summed E-state index contributed by atoms with van der Waals surface area (Å²) in [5.74, 6) is 1.31. The summed E-state index contributed by atoms with van der Waals surface area (Å²) < 4.78 is 15.2. The maximum atomic E-state index is 11.4. The summed E-state index contributed by atoms with van der Waals surface area (Å²) in [6, 6.07) is 19.1. The number of nitrogens with zero attached hydrogens (tertiary/aromatic N) is 1. The molecule has 0 spiro atoms. The number of methoxy groups -OCH3 is 1. The Morgan fingerprint density at radius 2 is 1.89 bits per heavy atom. The van der Waals surface area contributed by atoms with Gasteiger partial charge in [0.15, 0.2) is 0 Å². The molecule has 0 unspecified atom stereocenters. The minimum atomic E-state index is -0.342. The van der Waals surface area contributed by atoms with E-state index < -0.39 is 0 Å². The molecule has 0 radical (unpaired) electrons. The van der Waals surface area contributed by atoms with E-state index in [-0.39, 0.29) is 62.8 Å². The number of esters is 1. The molecule has 0 bridgehead atoms. The SMILES string of the molecule is CC(C)(C)c1c[c-]no1.COC(=O)c1cccc(COc2cc[c-]cc2)c1.[K+]. The molecular formula is C22H23KNO4-. The summed E-state index contributed by atoms with van der Waals surface area (Å²) in [6.45, 7) is 6.62. The molecule has 0 saturated carbocycles. The van der Waals surface area contributed by atoms with Gasteiger partial charge >= 0.3 is 57.4 Å². The first kappa shape index (κ1) is 24.6. The average molecular weight is 405 g/mol. The number of benzene rings is 2. The first-order chi connectivity index (χ1) is 12.9. The van der Waals surface area contributed by atoms with Crippen LogP contribution in [0.15, 0.2) is 59.1 Å². The second-order valence-electron chi connectivity index (χ2n) is 6.79. The first-order valence-electron chi connectivity index (χ1n) is 8.49. The molecule has 0 aliphatic rings. The van der Waals surface area contributed by atoms with E-state index in [2.05, 4.69) is 42.9 Å². The fraction of sp³-hybridized carbons (Fsp3) is 0.273. The third kappa shape index (κ3) is 8.28. The Labute approximate surface area is 208 Å². The molecule has 0 aliphatic carbocycles. The molecule has 3 rings (SSSR count). The van der Waals surface area contributed by atoms with Crippen LogP contribution < -0.4 is 56.1 Å². The standard InChI is InChI=1S/C15H13O3.C7H10NO.K/c1-17-15(16)13-7-5-6-12(10-13)11-18-14-8-3-2-4-9-14;1-7(2,3)6-4-5-8-9-6;/h3-10H,11H2,1H3;4H,1-3H3;/q2*-1;+1. The topological polar surface area (TPSA) is 61.6 Å². The molecule has 1 aromatic heterocycles. The van der Waals surface area contributed by atoms with Gasteiger partial charge in [0, 0.05) is 5.75 Å². The van der Waals surface area contributed by atoms with Gasteiger partial charge in [-0.15, -0.1) is 18.3 Å². The van der Waals surface area contributed by atoms with Crippen LogP contribution in [0.5, 0.6) is 5.75 Å². The largest absolute Gasteiger partial charge is 1.00 e. The normalized spacial score (nSPS) is 10.1. The minimum Gasteiger partial charge on any atom is -0.514 e. The third-order valence-electron chi connectivity index (χ3n) is 3.57. The van der Waals surface area contributed by atoms with E-state index in [0.717, 1.165) is 17.1 Å².